The Morgan fingerprint density at radius 1 is 1.12 bits per heavy atom. The van der Waals surface area contributed by atoms with Gasteiger partial charge in [0.1, 0.15) is 12.4 Å². The van der Waals surface area contributed by atoms with Crippen LogP contribution in [0.4, 0.5) is 4.79 Å². The molecule has 1 aliphatic rings. The van der Waals surface area contributed by atoms with Gasteiger partial charge in [0.25, 0.3) is 0 Å². The van der Waals surface area contributed by atoms with Crippen LogP contribution in [0.5, 0.6) is 17.2 Å². The average Bonchev–Trinajstić information content (AvgIpc) is 2.67. The molecule has 2 N–H and O–H groups in total. The van der Waals surface area contributed by atoms with Crippen molar-refractivity contribution in [1.82, 2.24) is 10.6 Å². The molecule has 2 aromatic rings. The van der Waals surface area contributed by atoms with Gasteiger partial charge in [0.15, 0.2) is 17.6 Å². The highest BCUT2D eigenvalue weighted by molar-refractivity contribution is 5.73. The van der Waals surface area contributed by atoms with Crippen molar-refractivity contribution in [3.05, 3.63) is 54.1 Å². The Morgan fingerprint density at radius 3 is 2.73 bits per heavy atom. The maximum absolute atomic E-state index is 11.9. The number of ether oxygens (including phenoxy) is 3. The molecule has 2 amide bonds. The standard InChI is InChI=1S/C20H24N2O4/c1-15-7-2-3-8-17(15)24-12-6-11-21-20(23)22-13-16-14-25-18-9-4-5-10-19(18)26-16/h2-5,7-10,16H,6,11-14H2,1H3,(H2,21,22,23). The topological polar surface area (TPSA) is 68.8 Å². The predicted octanol–water partition coefficient (Wildman–Crippen LogP) is 2.90. The van der Waals surface area contributed by atoms with Crippen LogP contribution < -0.4 is 24.8 Å². The largest absolute Gasteiger partial charge is 0.493 e. The number of hydrogen-bond donors (Lipinski definition) is 2. The molecule has 1 heterocycles. The van der Waals surface area contributed by atoms with Gasteiger partial charge in [0, 0.05) is 6.54 Å². The van der Waals surface area contributed by atoms with Crippen LogP contribution in [0.1, 0.15) is 12.0 Å². The highest BCUT2D eigenvalue weighted by Gasteiger charge is 2.20. The lowest BCUT2D eigenvalue weighted by Gasteiger charge is -2.26. The first-order valence-electron chi connectivity index (χ1n) is 8.81. The third-order valence-electron chi connectivity index (χ3n) is 4.02. The zero-order valence-corrected chi connectivity index (χ0v) is 14.9. The van der Waals surface area contributed by atoms with Gasteiger partial charge in [-0.3, -0.25) is 0 Å². The van der Waals surface area contributed by atoms with Gasteiger partial charge in [-0.25, -0.2) is 4.79 Å². The van der Waals surface area contributed by atoms with Crippen molar-refractivity contribution in [2.24, 2.45) is 0 Å². The SMILES string of the molecule is Cc1ccccc1OCCCNC(=O)NCC1COc2ccccc2O1. The van der Waals surface area contributed by atoms with E-state index in [2.05, 4.69) is 10.6 Å². The zero-order chi connectivity index (χ0) is 18.2. The normalized spacial score (nSPS) is 15.2. The molecule has 6 heteroatoms. The summed E-state index contributed by atoms with van der Waals surface area (Å²) in [5.41, 5.74) is 1.11. The van der Waals surface area contributed by atoms with Gasteiger partial charge >= 0.3 is 6.03 Å². The van der Waals surface area contributed by atoms with Gasteiger partial charge in [-0.05, 0) is 37.1 Å². The molecule has 138 valence electrons. The van der Waals surface area contributed by atoms with Gasteiger partial charge in [-0.15, -0.1) is 0 Å². The first-order chi connectivity index (χ1) is 12.7. The molecular weight excluding hydrogens is 332 g/mol. The van der Waals surface area contributed by atoms with E-state index >= 15 is 0 Å². The summed E-state index contributed by atoms with van der Waals surface area (Å²) in [5, 5.41) is 5.62. The quantitative estimate of drug-likeness (QED) is 0.749. The summed E-state index contributed by atoms with van der Waals surface area (Å²) >= 11 is 0. The average molecular weight is 356 g/mol. The molecule has 0 bridgehead atoms. The fourth-order valence-electron chi connectivity index (χ4n) is 2.61. The number of amides is 2. The Labute approximate surface area is 153 Å². The summed E-state index contributed by atoms with van der Waals surface area (Å²) in [7, 11) is 0. The molecule has 0 aromatic heterocycles. The van der Waals surface area contributed by atoms with E-state index in [9.17, 15) is 4.79 Å². The van der Waals surface area contributed by atoms with Crippen LogP contribution in [0, 0.1) is 6.92 Å². The summed E-state index contributed by atoms with van der Waals surface area (Å²) in [6.45, 7) is 3.92. The van der Waals surface area contributed by atoms with Gasteiger partial charge < -0.3 is 24.8 Å². The van der Waals surface area contributed by atoms with Crippen molar-refractivity contribution in [1.29, 1.82) is 0 Å². The second-order valence-electron chi connectivity index (χ2n) is 6.10. The number of fused-ring (bicyclic) bond motifs is 1. The number of hydrogen-bond acceptors (Lipinski definition) is 4. The minimum atomic E-state index is -0.219. The van der Waals surface area contributed by atoms with Gasteiger partial charge in [-0.1, -0.05) is 30.3 Å². The number of para-hydroxylation sites is 3. The second kappa shape index (κ2) is 8.99. The molecule has 1 atom stereocenters. The van der Waals surface area contributed by atoms with Gasteiger partial charge in [-0.2, -0.15) is 0 Å². The first-order valence-corrected chi connectivity index (χ1v) is 8.81. The fourth-order valence-corrected chi connectivity index (χ4v) is 2.61. The number of rotatable bonds is 7. The number of urea groups is 1. The van der Waals surface area contributed by atoms with Crippen LogP contribution in [-0.4, -0.2) is 38.4 Å². The minimum Gasteiger partial charge on any atom is -0.493 e. The molecule has 0 spiro atoms. The predicted molar refractivity (Wildman–Crippen MR) is 99.0 cm³/mol. The molecule has 0 saturated heterocycles. The molecule has 6 nitrogen and oxygen atoms in total. The lowest BCUT2D eigenvalue weighted by atomic mass is 10.2. The Morgan fingerprint density at radius 2 is 1.88 bits per heavy atom. The van der Waals surface area contributed by atoms with E-state index in [4.69, 9.17) is 14.2 Å². The van der Waals surface area contributed by atoms with Crippen molar-refractivity contribution in [2.45, 2.75) is 19.4 Å². The molecule has 0 radical (unpaired) electrons. The summed E-state index contributed by atoms with van der Waals surface area (Å²) in [5.74, 6) is 2.33. The fraction of sp³-hybridized carbons (Fsp3) is 0.350. The molecule has 0 saturated carbocycles. The van der Waals surface area contributed by atoms with Crippen molar-refractivity contribution in [3.63, 3.8) is 0 Å². The molecule has 26 heavy (non-hydrogen) atoms. The highest BCUT2D eigenvalue weighted by atomic mass is 16.6. The van der Waals surface area contributed by atoms with Gasteiger partial charge in [0.05, 0.1) is 13.2 Å². The maximum Gasteiger partial charge on any atom is 0.314 e. The van der Waals surface area contributed by atoms with Crippen LogP contribution >= 0.6 is 0 Å². The lowest BCUT2D eigenvalue weighted by Crippen LogP contribution is -2.44. The van der Waals surface area contributed by atoms with Crippen molar-refractivity contribution in [3.8, 4) is 17.2 Å². The molecule has 2 aromatic carbocycles. The van der Waals surface area contributed by atoms with E-state index in [1.54, 1.807) is 0 Å². The molecule has 1 unspecified atom stereocenters. The zero-order valence-electron chi connectivity index (χ0n) is 14.9. The first kappa shape index (κ1) is 17.9. The van der Waals surface area contributed by atoms with E-state index in [0.717, 1.165) is 23.5 Å². The van der Waals surface area contributed by atoms with Crippen molar-refractivity contribution >= 4 is 6.03 Å². The molecule has 3 rings (SSSR count). The monoisotopic (exact) mass is 356 g/mol. The van der Waals surface area contributed by atoms with E-state index in [1.807, 2.05) is 55.5 Å². The number of nitrogens with one attached hydrogen (secondary N) is 2. The highest BCUT2D eigenvalue weighted by Crippen LogP contribution is 2.30. The Bertz CT molecular complexity index is 735. The van der Waals surface area contributed by atoms with Crippen LogP contribution in [0.2, 0.25) is 0 Å². The van der Waals surface area contributed by atoms with Crippen LogP contribution in [-0.2, 0) is 0 Å². The van der Waals surface area contributed by atoms with E-state index < -0.39 is 0 Å². The summed E-state index contributed by atoms with van der Waals surface area (Å²) < 4.78 is 17.1. The van der Waals surface area contributed by atoms with E-state index in [1.165, 1.54) is 0 Å². The van der Waals surface area contributed by atoms with E-state index in [0.29, 0.717) is 32.1 Å². The summed E-state index contributed by atoms with van der Waals surface area (Å²) in [6.07, 6.45) is 0.540. The number of aryl methyl sites for hydroxylation is 1. The Balaban J connectivity index is 1.29. The third-order valence-corrected chi connectivity index (χ3v) is 4.02. The second-order valence-corrected chi connectivity index (χ2v) is 6.10. The number of carbonyl (C=O) groups is 1. The number of benzene rings is 2. The lowest BCUT2D eigenvalue weighted by molar-refractivity contribution is 0.0918. The molecule has 0 aliphatic carbocycles. The van der Waals surface area contributed by atoms with Crippen LogP contribution in [0.3, 0.4) is 0 Å². The Kier molecular flexibility index (Phi) is 6.19. The smallest absolute Gasteiger partial charge is 0.314 e. The Hall–Kier alpha value is -2.89. The van der Waals surface area contributed by atoms with E-state index in [-0.39, 0.29) is 12.1 Å². The van der Waals surface area contributed by atoms with Crippen molar-refractivity contribution < 1.29 is 19.0 Å². The molecule has 0 fully saturated rings. The molecule has 1 aliphatic heterocycles. The van der Waals surface area contributed by atoms with Crippen molar-refractivity contribution in [2.75, 3.05) is 26.3 Å². The molecular formula is C20H24N2O4. The third kappa shape index (κ3) is 5.05. The summed E-state index contributed by atoms with van der Waals surface area (Å²) in [6, 6.07) is 15.2. The number of carbonyl (C=O) groups excluding carboxylic acids is 1. The van der Waals surface area contributed by atoms with Crippen LogP contribution in [0.25, 0.3) is 0 Å². The van der Waals surface area contributed by atoms with Gasteiger partial charge in [0.2, 0.25) is 0 Å². The summed E-state index contributed by atoms with van der Waals surface area (Å²) in [4.78, 5) is 11.9. The minimum absolute atomic E-state index is 0.194. The van der Waals surface area contributed by atoms with Crippen LogP contribution in [0.15, 0.2) is 48.5 Å². The maximum atomic E-state index is 11.9.